The molecule has 1 atom stereocenters. The van der Waals surface area contributed by atoms with E-state index in [1.807, 2.05) is 6.92 Å². The lowest BCUT2D eigenvalue weighted by Gasteiger charge is -2.24. The number of hydrogen-bond acceptors (Lipinski definition) is 3. The fourth-order valence-electron chi connectivity index (χ4n) is 1.92. The summed E-state index contributed by atoms with van der Waals surface area (Å²) in [7, 11) is 2.18. The van der Waals surface area contributed by atoms with Gasteiger partial charge in [-0.05, 0) is 52.9 Å². The minimum Gasteiger partial charge on any atom is -0.469 e. The van der Waals surface area contributed by atoms with E-state index in [0.29, 0.717) is 6.04 Å². The second-order valence-electron chi connectivity index (χ2n) is 4.76. The van der Waals surface area contributed by atoms with Gasteiger partial charge in [0.05, 0.1) is 6.26 Å². The lowest BCUT2D eigenvalue weighted by molar-refractivity contribution is 0.233. The highest BCUT2D eigenvalue weighted by atomic mass is 16.3. The number of nitrogens with zero attached hydrogens (tertiary/aromatic N) is 1. The molecule has 0 saturated carbocycles. The summed E-state index contributed by atoms with van der Waals surface area (Å²) in [5, 5.41) is 3.36. The van der Waals surface area contributed by atoms with Crippen LogP contribution in [0.1, 0.15) is 38.0 Å². The second kappa shape index (κ2) is 7.51. The predicted octanol–water partition coefficient (Wildman–Crippen LogP) is 2.80. The molecule has 0 aromatic carbocycles. The molecular formula is C14H26N2O. The fourth-order valence-corrected chi connectivity index (χ4v) is 1.92. The van der Waals surface area contributed by atoms with Gasteiger partial charge in [-0.2, -0.15) is 0 Å². The number of rotatable bonds is 8. The van der Waals surface area contributed by atoms with E-state index in [9.17, 15) is 0 Å². The Morgan fingerprint density at radius 2 is 2.24 bits per heavy atom. The van der Waals surface area contributed by atoms with Gasteiger partial charge < -0.3 is 9.73 Å². The summed E-state index contributed by atoms with van der Waals surface area (Å²) in [6.07, 6.45) is 4.25. The maximum Gasteiger partial charge on any atom is 0.105 e. The first kappa shape index (κ1) is 14.3. The highest BCUT2D eigenvalue weighted by Gasteiger charge is 2.11. The molecular weight excluding hydrogens is 212 g/mol. The van der Waals surface area contributed by atoms with Crippen molar-refractivity contribution in [2.45, 2.75) is 46.2 Å². The Labute approximate surface area is 105 Å². The summed E-state index contributed by atoms with van der Waals surface area (Å²) >= 11 is 0. The van der Waals surface area contributed by atoms with Gasteiger partial charge in [-0.3, -0.25) is 4.90 Å². The van der Waals surface area contributed by atoms with E-state index >= 15 is 0 Å². The van der Waals surface area contributed by atoms with Crippen LogP contribution in [0, 0.1) is 6.92 Å². The van der Waals surface area contributed by atoms with E-state index < -0.39 is 0 Å². The molecule has 1 unspecified atom stereocenters. The molecule has 1 rings (SSSR count). The lowest BCUT2D eigenvalue weighted by atomic mass is 10.1. The van der Waals surface area contributed by atoms with Gasteiger partial charge in [-0.1, -0.05) is 6.92 Å². The van der Waals surface area contributed by atoms with Crippen molar-refractivity contribution in [3.8, 4) is 0 Å². The van der Waals surface area contributed by atoms with Crippen LogP contribution in [0.4, 0.5) is 0 Å². The summed E-state index contributed by atoms with van der Waals surface area (Å²) in [6.45, 7) is 9.64. The molecule has 0 radical (unpaired) electrons. The molecule has 17 heavy (non-hydrogen) atoms. The summed E-state index contributed by atoms with van der Waals surface area (Å²) in [6, 6.07) is 2.68. The zero-order valence-corrected chi connectivity index (χ0v) is 11.6. The van der Waals surface area contributed by atoms with Gasteiger partial charge in [0.25, 0.3) is 0 Å². The number of nitrogens with one attached hydrogen (secondary N) is 1. The molecule has 98 valence electrons. The fraction of sp³-hybridized carbons (Fsp3) is 0.714. The summed E-state index contributed by atoms with van der Waals surface area (Å²) < 4.78 is 5.32. The zero-order chi connectivity index (χ0) is 12.7. The van der Waals surface area contributed by atoms with Crippen molar-refractivity contribution in [1.82, 2.24) is 10.2 Å². The van der Waals surface area contributed by atoms with Crippen LogP contribution >= 0.6 is 0 Å². The minimum absolute atomic E-state index is 0.614. The van der Waals surface area contributed by atoms with Crippen molar-refractivity contribution >= 4 is 0 Å². The Morgan fingerprint density at radius 3 is 2.82 bits per heavy atom. The summed E-state index contributed by atoms with van der Waals surface area (Å²) in [4.78, 5) is 2.39. The SMILES string of the molecule is CCNCCCC(C)N(C)Cc1ccoc1C. The standard InChI is InChI=1S/C14H26N2O/c1-5-15-9-6-7-12(2)16(4)11-14-8-10-17-13(14)3/h8,10,12,15H,5-7,9,11H2,1-4H3. The van der Waals surface area contributed by atoms with Crippen LogP contribution < -0.4 is 5.32 Å². The Kier molecular flexibility index (Phi) is 6.30. The van der Waals surface area contributed by atoms with Gasteiger partial charge in [0, 0.05) is 18.2 Å². The summed E-state index contributed by atoms with van der Waals surface area (Å²) in [5.41, 5.74) is 1.30. The zero-order valence-electron chi connectivity index (χ0n) is 11.6. The van der Waals surface area contributed by atoms with Gasteiger partial charge in [0.15, 0.2) is 0 Å². The Balaban J connectivity index is 2.27. The third-order valence-electron chi connectivity index (χ3n) is 3.36. The van der Waals surface area contributed by atoms with E-state index in [-0.39, 0.29) is 0 Å². The topological polar surface area (TPSA) is 28.4 Å². The van der Waals surface area contributed by atoms with E-state index in [1.54, 1.807) is 6.26 Å². The highest BCUT2D eigenvalue weighted by molar-refractivity contribution is 5.15. The number of hydrogen-bond donors (Lipinski definition) is 1. The van der Waals surface area contributed by atoms with Crippen molar-refractivity contribution in [3.05, 3.63) is 23.7 Å². The number of aryl methyl sites for hydroxylation is 1. The smallest absolute Gasteiger partial charge is 0.105 e. The van der Waals surface area contributed by atoms with Crippen molar-refractivity contribution in [1.29, 1.82) is 0 Å². The third kappa shape index (κ3) is 4.92. The minimum atomic E-state index is 0.614. The normalized spacial score (nSPS) is 13.2. The molecule has 0 spiro atoms. The van der Waals surface area contributed by atoms with E-state index in [4.69, 9.17) is 4.42 Å². The van der Waals surface area contributed by atoms with Gasteiger partial charge in [0.1, 0.15) is 5.76 Å². The molecule has 0 fully saturated rings. The molecule has 0 aliphatic carbocycles. The number of furan rings is 1. The molecule has 0 bridgehead atoms. The first-order valence-corrected chi connectivity index (χ1v) is 6.59. The van der Waals surface area contributed by atoms with Crippen LogP contribution in [0.25, 0.3) is 0 Å². The van der Waals surface area contributed by atoms with Crippen molar-refractivity contribution in [2.24, 2.45) is 0 Å². The maximum absolute atomic E-state index is 5.32. The molecule has 0 aliphatic heterocycles. The lowest BCUT2D eigenvalue weighted by Crippen LogP contribution is -2.29. The van der Waals surface area contributed by atoms with Gasteiger partial charge in [-0.15, -0.1) is 0 Å². The average Bonchev–Trinajstić information content (AvgIpc) is 2.70. The average molecular weight is 238 g/mol. The van der Waals surface area contributed by atoms with Gasteiger partial charge >= 0.3 is 0 Å². The van der Waals surface area contributed by atoms with Crippen LogP contribution in [-0.2, 0) is 6.54 Å². The third-order valence-corrected chi connectivity index (χ3v) is 3.36. The first-order chi connectivity index (χ1) is 8.15. The monoisotopic (exact) mass is 238 g/mol. The van der Waals surface area contributed by atoms with Crippen LogP contribution in [0.3, 0.4) is 0 Å². The van der Waals surface area contributed by atoms with Gasteiger partial charge in [-0.25, -0.2) is 0 Å². The molecule has 1 heterocycles. The largest absolute Gasteiger partial charge is 0.469 e. The quantitative estimate of drug-likeness (QED) is 0.706. The summed E-state index contributed by atoms with van der Waals surface area (Å²) in [5.74, 6) is 1.04. The molecule has 0 aliphatic rings. The predicted molar refractivity (Wildman–Crippen MR) is 72.2 cm³/mol. The first-order valence-electron chi connectivity index (χ1n) is 6.59. The van der Waals surface area contributed by atoms with Crippen molar-refractivity contribution in [3.63, 3.8) is 0 Å². The maximum atomic E-state index is 5.32. The van der Waals surface area contributed by atoms with Crippen LogP contribution in [0.15, 0.2) is 16.7 Å². The van der Waals surface area contributed by atoms with Crippen LogP contribution in [-0.4, -0.2) is 31.1 Å². The van der Waals surface area contributed by atoms with Gasteiger partial charge in [0.2, 0.25) is 0 Å². The second-order valence-corrected chi connectivity index (χ2v) is 4.76. The molecule has 1 aromatic rings. The van der Waals surface area contributed by atoms with Crippen LogP contribution in [0.5, 0.6) is 0 Å². The molecule has 3 heteroatoms. The molecule has 0 amide bonds. The molecule has 0 saturated heterocycles. The highest BCUT2D eigenvalue weighted by Crippen LogP contribution is 2.14. The van der Waals surface area contributed by atoms with Crippen molar-refractivity contribution < 1.29 is 4.42 Å². The Bertz CT molecular complexity index is 309. The van der Waals surface area contributed by atoms with Crippen molar-refractivity contribution in [2.75, 3.05) is 20.1 Å². The Hall–Kier alpha value is -0.800. The molecule has 1 N–H and O–H groups in total. The van der Waals surface area contributed by atoms with E-state index in [0.717, 1.165) is 25.4 Å². The van der Waals surface area contributed by atoms with E-state index in [2.05, 4.69) is 37.2 Å². The van der Waals surface area contributed by atoms with E-state index in [1.165, 1.54) is 18.4 Å². The van der Waals surface area contributed by atoms with Crippen LogP contribution in [0.2, 0.25) is 0 Å². The molecule has 1 aromatic heterocycles. The Morgan fingerprint density at radius 1 is 1.47 bits per heavy atom. The molecule has 3 nitrogen and oxygen atoms in total.